The number of nitro groups is 1. The molecule has 2 rings (SSSR count). The monoisotopic (exact) mass is 303 g/mol. The molecule has 0 saturated carbocycles. The summed E-state index contributed by atoms with van der Waals surface area (Å²) in [6, 6.07) is 5.32. The Hall–Kier alpha value is -3.23. The van der Waals surface area contributed by atoms with Crippen LogP contribution in [-0.2, 0) is 4.79 Å². The maximum absolute atomic E-state index is 12.1. The number of carbonyl (C=O) groups is 2. The van der Waals surface area contributed by atoms with Gasteiger partial charge < -0.3 is 11.1 Å². The molecule has 0 unspecified atom stereocenters. The Morgan fingerprint density at radius 3 is 2.50 bits per heavy atom. The van der Waals surface area contributed by atoms with Crippen molar-refractivity contribution in [3.05, 3.63) is 52.3 Å². The van der Waals surface area contributed by atoms with Gasteiger partial charge in [0.15, 0.2) is 0 Å². The molecule has 3 N–H and O–H groups in total. The number of aromatic nitrogens is 2. The van der Waals surface area contributed by atoms with Gasteiger partial charge in [0, 0.05) is 11.3 Å². The van der Waals surface area contributed by atoms with Crippen molar-refractivity contribution in [3.8, 4) is 0 Å². The van der Waals surface area contributed by atoms with E-state index in [9.17, 15) is 19.7 Å². The second-order valence-corrected chi connectivity index (χ2v) is 4.54. The molecule has 22 heavy (non-hydrogen) atoms. The van der Waals surface area contributed by atoms with Crippen molar-refractivity contribution >= 4 is 23.2 Å². The number of rotatable bonds is 5. The lowest BCUT2D eigenvalue weighted by Crippen LogP contribution is -2.24. The Balaban J connectivity index is 2.07. The predicted octanol–water partition coefficient (Wildman–Crippen LogP) is 1.09. The van der Waals surface area contributed by atoms with E-state index in [0.717, 1.165) is 6.20 Å². The fraction of sp³-hybridized carbons (Fsp3) is 0.154. The van der Waals surface area contributed by atoms with Crippen LogP contribution in [0, 0.1) is 10.1 Å². The van der Waals surface area contributed by atoms with Gasteiger partial charge in [-0.15, -0.1) is 0 Å². The highest BCUT2D eigenvalue weighted by atomic mass is 16.6. The lowest BCUT2D eigenvalue weighted by molar-refractivity contribution is -0.385. The minimum absolute atomic E-state index is 0.189. The number of nitrogens with two attached hydrogens (primary N) is 1. The lowest BCUT2D eigenvalue weighted by atomic mass is 10.2. The van der Waals surface area contributed by atoms with Gasteiger partial charge in [-0.05, 0) is 31.2 Å². The molecular weight excluding hydrogens is 290 g/mol. The van der Waals surface area contributed by atoms with Crippen molar-refractivity contribution in [1.29, 1.82) is 0 Å². The molecule has 114 valence electrons. The molecule has 1 heterocycles. The van der Waals surface area contributed by atoms with Gasteiger partial charge in [-0.3, -0.25) is 24.4 Å². The van der Waals surface area contributed by atoms with E-state index < -0.39 is 22.8 Å². The molecule has 2 amide bonds. The zero-order chi connectivity index (χ0) is 16.3. The van der Waals surface area contributed by atoms with E-state index in [-0.39, 0.29) is 5.69 Å². The number of nitrogens with zero attached hydrogens (tertiary/aromatic N) is 3. The van der Waals surface area contributed by atoms with Gasteiger partial charge in [0.2, 0.25) is 11.8 Å². The van der Waals surface area contributed by atoms with Crippen molar-refractivity contribution in [1.82, 2.24) is 9.78 Å². The Bertz CT molecular complexity index is 722. The summed E-state index contributed by atoms with van der Waals surface area (Å²) in [6.45, 7) is 1.56. The maximum Gasteiger partial charge on any atom is 0.307 e. The van der Waals surface area contributed by atoms with Crippen molar-refractivity contribution < 1.29 is 14.5 Å². The second kappa shape index (κ2) is 6.04. The first-order valence-corrected chi connectivity index (χ1v) is 6.28. The summed E-state index contributed by atoms with van der Waals surface area (Å²) in [4.78, 5) is 33.0. The van der Waals surface area contributed by atoms with Crippen LogP contribution in [0.25, 0.3) is 0 Å². The number of nitrogens with one attached hydrogen (secondary N) is 1. The zero-order valence-corrected chi connectivity index (χ0v) is 11.6. The first-order valence-electron chi connectivity index (χ1n) is 6.28. The second-order valence-electron chi connectivity index (χ2n) is 4.54. The van der Waals surface area contributed by atoms with Crippen LogP contribution in [0.4, 0.5) is 11.4 Å². The van der Waals surface area contributed by atoms with Gasteiger partial charge in [0.05, 0.1) is 4.92 Å². The minimum Gasteiger partial charge on any atom is -0.366 e. The molecule has 0 spiro atoms. The van der Waals surface area contributed by atoms with Gasteiger partial charge in [-0.2, -0.15) is 5.10 Å². The molecule has 0 fully saturated rings. The lowest BCUT2D eigenvalue weighted by Gasteiger charge is -2.12. The van der Waals surface area contributed by atoms with Crippen LogP contribution < -0.4 is 11.1 Å². The first kappa shape index (κ1) is 15.2. The largest absolute Gasteiger partial charge is 0.366 e. The summed E-state index contributed by atoms with van der Waals surface area (Å²) in [5, 5.41) is 17.0. The smallest absolute Gasteiger partial charge is 0.307 e. The Morgan fingerprint density at radius 2 is 2.00 bits per heavy atom. The highest BCUT2D eigenvalue weighted by Crippen LogP contribution is 2.15. The van der Waals surface area contributed by atoms with E-state index in [4.69, 9.17) is 5.73 Å². The van der Waals surface area contributed by atoms with E-state index >= 15 is 0 Å². The van der Waals surface area contributed by atoms with Gasteiger partial charge >= 0.3 is 5.69 Å². The topological polar surface area (TPSA) is 133 Å². The maximum atomic E-state index is 12.1. The molecule has 9 heteroatoms. The van der Waals surface area contributed by atoms with Gasteiger partial charge in [-0.25, -0.2) is 0 Å². The van der Waals surface area contributed by atoms with Gasteiger partial charge in [0.1, 0.15) is 18.4 Å². The molecule has 0 bridgehead atoms. The summed E-state index contributed by atoms with van der Waals surface area (Å²) < 4.78 is 1.20. The summed E-state index contributed by atoms with van der Waals surface area (Å²) in [7, 11) is 0. The number of carbonyl (C=O) groups excluding carboxylic acids is 2. The number of hydrogen-bond donors (Lipinski definition) is 2. The van der Waals surface area contributed by atoms with E-state index in [1.54, 1.807) is 6.92 Å². The fourth-order valence-corrected chi connectivity index (χ4v) is 1.72. The van der Waals surface area contributed by atoms with E-state index in [1.165, 1.54) is 35.1 Å². The van der Waals surface area contributed by atoms with Gasteiger partial charge in [0.25, 0.3) is 0 Å². The molecule has 0 aliphatic rings. The summed E-state index contributed by atoms with van der Waals surface area (Å²) in [5.74, 6) is -0.958. The van der Waals surface area contributed by atoms with Crippen LogP contribution in [0.1, 0.15) is 23.3 Å². The molecule has 0 aliphatic heterocycles. The average molecular weight is 303 g/mol. The first-order chi connectivity index (χ1) is 10.4. The third-order valence-corrected chi connectivity index (χ3v) is 3.01. The molecule has 0 radical (unpaired) electrons. The molecular formula is C13H13N5O4. The number of benzene rings is 1. The Labute approximate surface area is 124 Å². The van der Waals surface area contributed by atoms with Crippen molar-refractivity contribution in [2.24, 2.45) is 5.73 Å². The van der Waals surface area contributed by atoms with E-state index in [2.05, 4.69) is 10.4 Å². The molecule has 1 atom stereocenters. The Morgan fingerprint density at radius 1 is 1.36 bits per heavy atom. The fourth-order valence-electron chi connectivity index (χ4n) is 1.72. The van der Waals surface area contributed by atoms with Crippen LogP contribution in [0.3, 0.4) is 0 Å². The number of hydrogen-bond acceptors (Lipinski definition) is 5. The molecule has 1 aromatic heterocycles. The molecule has 0 aliphatic carbocycles. The van der Waals surface area contributed by atoms with Crippen molar-refractivity contribution in [2.45, 2.75) is 13.0 Å². The minimum atomic E-state index is -0.732. The van der Waals surface area contributed by atoms with Crippen molar-refractivity contribution in [2.75, 3.05) is 5.32 Å². The summed E-state index contributed by atoms with van der Waals surface area (Å²) >= 11 is 0. The van der Waals surface area contributed by atoms with Crippen LogP contribution in [0.5, 0.6) is 0 Å². The predicted molar refractivity (Wildman–Crippen MR) is 77.2 cm³/mol. The zero-order valence-electron chi connectivity index (χ0n) is 11.6. The number of amides is 2. The SMILES string of the molecule is C[C@@H](C(=O)Nc1ccc(C(N)=O)cc1)n1cc([N+](=O)[O-])cn1. The third-order valence-electron chi connectivity index (χ3n) is 3.01. The summed E-state index contributed by atoms with van der Waals surface area (Å²) in [6.07, 6.45) is 2.26. The van der Waals surface area contributed by atoms with Crippen molar-refractivity contribution in [3.63, 3.8) is 0 Å². The number of primary amides is 1. The van der Waals surface area contributed by atoms with E-state index in [0.29, 0.717) is 11.3 Å². The highest BCUT2D eigenvalue weighted by molar-refractivity contribution is 5.95. The Kier molecular flexibility index (Phi) is 4.16. The summed E-state index contributed by atoms with van der Waals surface area (Å²) in [5.41, 5.74) is 5.74. The van der Waals surface area contributed by atoms with Crippen LogP contribution in [0.15, 0.2) is 36.7 Å². The normalized spacial score (nSPS) is 11.7. The molecule has 0 saturated heterocycles. The number of anilines is 1. The standard InChI is InChI=1S/C13H13N5O4/c1-8(17-7-11(6-15-17)18(21)22)13(20)16-10-4-2-9(3-5-10)12(14)19/h2-8H,1H3,(H2,14,19)(H,16,20)/t8-/m0/s1. The molecule has 9 nitrogen and oxygen atoms in total. The highest BCUT2D eigenvalue weighted by Gasteiger charge is 2.19. The van der Waals surface area contributed by atoms with Crippen LogP contribution in [-0.4, -0.2) is 26.5 Å². The average Bonchev–Trinajstić information content (AvgIpc) is 2.97. The van der Waals surface area contributed by atoms with Crippen LogP contribution in [0.2, 0.25) is 0 Å². The molecule has 1 aromatic carbocycles. The quantitative estimate of drug-likeness (QED) is 0.630. The third kappa shape index (κ3) is 3.26. The van der Waals surface area contributed by atoms with Gasteiger partial charge in [-0.1, -0.05) is 0 Å². The van der Waals surface area contributed by atoms with E-state index in [1.807, 2.05) is 0 Å². The molecule has 2 aromatic rings. The van der Waals surface area contributed by atoms with Crippen LogP contribution >= 0.6 is 0 Å².